The predicted molar refractivity (Wildman–Crippen MR) is 76.8 cm³/mol. The highest BCUT2D eigenvalue weighted by Crippen LogP contribution is 2.21. The van der Waals surface area contributed by atoms with Gasteiger partial charge in [-0.1, -0.05) is 0 Å². The Balaban J connectivity index is 1.76. The molecule has 0 saturated carbocycles. The number of piperidine rings is 1. The maximum atomic E-state index is 11.8. The van der Waals surface area contributed by atoms with E-state index in [4.69, 9.17) is 0 Å². The number of anilines is 1. The number of urea groups is 1. The standard InChI is InChI=1S/C14H21N5O/c1-10-8-11(2)17-13(16-10)18-6-3-4-12(9-18)19-7-5-15-14(19)20/h8,12H,3-7,9H2,1-2H3,(H,15,20). The molecule has 6 nitrogen and oxygen atoms in total. The molecule has 1 aromatic rings. The first kappa shape index (κ1) is 13.1. The van der Waals surface area contributed by atoms with Crippen LogP contribution in [0.1, 0.15) is 24.2 Å². The Hall–Kier alpha value is -1.85. The van der Waals surface area contributed by atoms with Crippen molar-refractivity contribution in [2.45, 2.75) is 32.7 Å². The number of hydrogen-bond acceptors (Lipinski definition) is 4. The van der Waals surface area contributed by atoms with Gasteiger partial charge >= 0.3 is 6.03 Å². The van der Waals surface area contributed by atoms with Crippen molar-refractivity contribution in [2.24, 2.45) is 0 Å². The van der Waals surface area contributed by atoms with Crippen molar-refractivity contribution in [1.82, 2.24) is 20.2 Å². The van der Waals surface area contributed by atoms with Gasteiger partial charge in [0.2, 0.25) is 5.95 Å². The molecule has 2 aliphatic rings. The zero-order chi connectivity index (χ0) is 14.1. The van der Waals surface area contributed by atoms with Crippen LogP contribution in [-0.4, -0.2) is 53.1 Å². The van der Waals surface area contributed by atoms with E-state index in [-0.39, 0.29) is 12.1 Å². The van der Waals surface area contributed by atoms with Crippen molar-refractivity contribution >= 4 is 12.0 Å². The van der Waals surface area contributed by atoms with Gasteiger partial charge in [0, 0.05) is 37.6 Å². The molecule has 0 bridgehead atoms. The lowest BCUT2D eigenvalue weighted by Crippen LogP contribution is -2.49. The van der Waals surface area contributed by atoms with E-state index in [0.717, 1.165) is 56.4 Å². The first-order valence-electron chi connectivity index (χ1n) is 7.25. The molecule has 2 amide bonds. The number of aryl methyl sites for hydroxylation is 2. The van der Waals surface area contributed by atoms with Gasteiger partial charge in [-0.25, -0.2) is 14.8 Å². The van der Waals surface area contributed by atoms with Gasteiger partial charge < -0.3 is 15.1 Å². The van der Waals surface area contributed by atoms with Crippen LogP contribution in [0.3, 0.4) is 0 Å². The number of nitrogens with zero attached hydrogens (tertiary/aromatic N) is 4. The smallest absolute Gasteiger partial charge is 0.317 e. The molecule has 108 valence electrons. The van der Waals surface area contributed by atoms with Crippen molar-refractivity contribution in [1.29, 1.82) is 0 Å². The Morgan fingerprint density at radius 2 is 2.00 bits per heavy atom. The van der Waals surface area contributed by atoms with E-state index >= 15 is 0 Å². The highest BCUT2D eigenvalue weighted by atomic mass is 16.2. The second kappa shape index (κ2) is 5.26. The maximum absolute atomic E-state index is 11.8. The van der Waals surface area contributed by atoms with E-state index in [2.05, 4.69) is 20.2 Å². The molecule has 1 N–H and O–H groups in total. The topological polar surface area (TPSA) is 61.4 Å². The summed E-state index contributed by atoms with van der Waals surface area (Å²) in [6.07, 6.45) is 2.14. The summed E-state index contributed by atoms with van der Waals surface area (Å²) in [5.74, 6) is 0.798. The summed E-state index contributed by atoms with van der Waals surface area (Å²) in [5.41, 5.74) is 1.99. The van der Waals surface area contributed by atoms with E-state index < -0.39 is 0 Å². The third-order valence-corrected chi connectivity index (χ3v) is 3.98. The summed E-state index contributed by atoms with van der Waals surface area (Å²) in [6, 6.07) is 2.33. The van der Waals surface area contributed by atoms with Gasteiger partial charge in [-0.05, 0) is 32.8 Å². The normalized spacial score (nSPS) is 23.1. The van der Waals surface area contributed by atoms with Crippen LogP contribution >= 0.6 is 0 Å². The second-order valence-corrected chi connectivity index (χ2v) is 5.62. The first-order valence-corrected chi connectivity index (χ1v) is 7.25. The lowest BCUT2D eigenvalue weighted by atomic mass is 10.0. The lowest BCUT2D eigenvalue weighted by molar-refractivity contribution is 0.189. The van der Waals surface area contributed by atoms with Gasteiger partial charge in [0.15, 0.2) is 0 Å². The molecule has 1 atom stereocenters. The van der Waals surface area contributed by atoms with Crippen molar-refractivity contribution in [3.05, 3.63) is 17.5 Å². The predicted octanol–water partition coefficient (Wildman–Crippen LogP) is 1.09. The minimum absolute atomic E-state index is 0.0678. The number of carbonyl (C=O) groups excluding carboxylic acids is 1. The zero-order valence-electron chi connectivity index (χ0n) is 12.1. The minimum atomic E-state index is 0.0678. The molecule has 3 heterocycles. The van der Waals surface area contributed by atoms with Gasteiger partial charge in [0.1, 0.15) is 0 Å². The lowest BCUT2D eigenvalue weighted by Gasteiger charge is -2.37. The fraction of sp³-hybridized carbons (Fsp3) is 0.643. The molecule has 0 spiro atoms. The summed E-state index contributed by atoms with van der Waals surface area (Å²) < 4.78 is 0. The summed E-state index contributed by atoms with van der Waals surface area (Å²) in [6.45, 7) is 7.35. The van der Waals surface area contributed by atoms with Crippen LogP contribution in [0.15, 0.2) is 6.07 Å². The molecule has 0 radical (unpaired) electrons. The summed E-state index contributed by atoms with van der Waals surface area (Å²) in [5, 5.41) is 2.88. The van der Waals surface area contributed by atoms with E-state index in [1.54, 1.807) is 0 Å². The van der Waals surface area contributed by atoms with Crippen LogP contribution in [0.5, 0.6) is 0 Å². The molecule has 1 aromatic heterocycles. The molecular formula is C14H21N5O. The van der Waals surface area contributed by atoms with E-state index in [0.29, 0.717) is 0 Å². The van der Waals surface area contributed by atoms with Crippen molar-refractivity contribution in [3.63, 3.8) is 0 Å². The van der Waals surface area contributed by atoms with E-state index in [9.17, 15) is 4.79 Å². The Bertz CT molecular complexity index is 498. The third kappa shape index (κ3) is 2.55. The largest absolute Gasteiger partial charge is 0.339 e. The zero-order valence-corrected chi connectivity index (χ0v) is 12.1. The molecule has 2 aliphatic heterocycles. The Labute approximate surface area is 119 Å². The second-order valence-electron chi connectivity index (χ2n) is 5.62. The molecule has 2 fully saturated rings. The van der Waals surface area contributed by atoms with Crippen molar-refractivity contribution in [3.8, 4) is 0 Å². The van der Waals surface area contributed by atoms with Gasteiger partial charge in [-0.2, -0.15) is 0 Å². The number of carbonyl (C=O) groups is 1. The highest BCUT2D eigenvalue weighted by molar-refractivity contribution is 5.76. The fourth-order valence-electron chi connectivity index (χ4n) is 3.07. The van der Waals surface area contributed by atoms with Crippen molar-refractivity contribution < 1.29 is 4.79 Å². The van der Waals surface area contributed by atoms with Crippen LogP contribution in [0.25, 0.3) is 0 Å². The molecule has 0 aromatic carbocycles. The quantitative estimate of drug-likeness (QED) is 0.877. The number of nitrogens with one attached hydrogen (secondary N) is 1. The number of aromatic nitrogens is 2. The molecule has 3 rings (SSSR count). The summed E-state index contributed by atoms with van der Waals surface area (Å²) in [4.78, 5) is 25.0. The monoisotopic (exact) mass is 275 g/mol. The Kier molecular flexibility index (Phi) is 3.46. The van der Waals surface area contributed by atoms with Gasteiger partial charge in [-0.3, -0.25) is 0 Å². The number of amides is 2. The van der Waals surface area contributed by atoms with Gasteiger partial charge in [0.05, 0.1) is 6.04 Å². The van der Waals surface area contributed by atoms with Crippen LogP contribution in [0.4, 0.5) is 10.7 Å². The molecule has 6 heteroatoms. The van der Waals surface area contributed by atoms with E-state index in [1.807, 2.05) is 24.8 Å². The molecule has 1 unspecified atom stereocenters. The fourth-order valence-corrected chi connectivity index (χ4v) is 3.07. The molecule has 20 heavy (non-hydrogen) atoms. The highest BCUT2D eigenvalue weighted by Gasteiger charge is 2.32. The molecule has 2 saturated heterocycles. The molecular weight excluding hydrogens is 254 g/mol. The van der Waals surface area contributed by atoms with Crippen LogP contribution in [0.2, 0.25) is 0 Å². The summed E-state index contributed by atoms with van der Waals surface area (Å²) >= 11 is 0. The van der Waals surface area contributed by atoms with Gasteiger partial charge in [0.25, 0.3) is 0 Å². The average Bonchev–Trinajstić information content (AvgIpc) is 2.84. The summed E-state index contributed by atoms with van der Waals surface area (Å²) in [7, 11) is 0. The van der Waals surface area contributed by atoms with Gasteiger partial charge in [-0.15, -0.1) is 0 Å². The maximum Gasteiger partial charge on any atom is 0.317 e. The van der Waals surface area contributed by atoms with E-state index in [1.165, 1.54) is 0 Å². The Morgan fingerprint density at radius 3 is 2.65 bits per heavy atom. The minimum Gasteiger partial charge on any atom is -0.339 e. The van der Waals surface area contributed by atoms with Crippen molar-refractivity contribution in [2.75, 3.05) is 31.1 Å². The SMILES string of the molecule is Cc1cc(C)nc(N2CCCC(N3CCNC3=O)C2)n1. The van der Waals surface area contributed by atoms with Crippen LogP contribution in [-0.2, 0) is 0 Å². The van der Waals surface area contributed by atoms with Crippen LogP contribution < -0.4 is 10.2 Å². The Morgan fingerprint density at radius 1 is 1.25 bits per heavy atom. The number of hydrogen-bond donors (Lipinski definition) is 1. The third-order valence-electron chi connectivity index (χ3n) is 3.98. The average molecular weight is 275 g/mol. The van der Waals surface area contributed by atoms with Crippen LogP contribution in [0, 0.1) is 13.8 Å². The number of rotatable bonds is 2. The first-order chi connectivity index (χ1) is 9.63. The molecule has 0 aliphatic carbocycles.